The highest BCUT2D eigenvalue weighted by Gasteiger charge is 2.35. The van der Waals surface area contributed by atoms with Gasteiger partial charge in [-0.25, -0.2) is 8.42 Å². The van der Waals surface area contributed by atoms with Gasteiger partial charge >= 0.3 is 0 Å². The lowest BCUT2D eigenvalue weighted by Crippen LogP contribution is -2.55. The third kappa shape index (κ3) is 7.77. The van der Waals surface area contributed by atoms with Gasteiger partial charge in [0.1, 0.15) is 12.6 Å². The molecule has 0 fully saturated rings. The Kier molecular flexibility index (Phi) is 10.3. The van der Waals surface area contributed by atoms with Crippen LogP contribution in [0.1, 0.15) is 45.2 Å². The standard InChI is InChI=1S/C30H35Cl2N3O4S/c1-6-25(29(37)33-30(3,4)5)34(19-22-11-8-7-9-12-22)27(36)20-35(26-14-10-13-24(31)28(26)32)40(38,39)23-17-15-21(2)16-18-23/h7-18,25H,6,19-20H2,1-5H3,(H,33,37)/t25-/m0/s1. The van der Waals surface area contributed by atoms with Gasteiger partial charge in [-0.1, -0.05) is 84.2 Å². The van der Waals surface area contributed by atoms with Crippen LogP contribution in [0.4, 0.5) is 5.69 Å². The van der Waals surface area contributed by atoms with Crippen molar-refractivity contribution in [3.63, 3.8) is 0 Å². The fraction of sp³-hybridized carbons (Fsp3) is 0.333. The number of nitrogens with one attached hydrogen (secondary N) is 1. The van der Waals surface area contributed by atoms with Gasteiger partial charge in [0.2, 0.25) is 11.8 Å². The first-order valence-corrected chi connectivity index (χ1v) is 15.1. The number of hydrogen-bond donors (Lipinski definition) is 1. The first-order chi connectivity index (χ1) is 18.7. The number of anilines is 1. The molecule has 0 heterocycles. The molecule has 0 aliphatic heterocycles. The van der Waals surface area contributed by atoms with E-state index in [0.29, 0.717) is 6.42 Å². The Bertz CT molecular complexity index is 1440. The average Bonchev–Trinajstić information content (AvgIpc) is 2.88. The molecule has 0 aliphatic rings. The van der Waals surface area contributed by atoms with Gasteiger partial charge in [-0.15, -0.1) is 0 Å². The van der Waals surface area contributed by atoms with Crippen molar-refractivity contribution in [2.24, 2.45) is 0 Å². The minimum Gasteiger partial charge on any atom is -0.350 e. The number of sulfonamides is 1. The van der Waals surface area contributed by atoms with E-state index in [1.165, 1.54) is 29.2 Å². The number of hydrogen-bond acceptors (Lipinski definition) is 4. The number of amides is 2. The molecule has 1 atom stereocenters. The predicted octanol–water partition coefficient (Wildman–Crippen LogP) is 6.22. The topological polar surface area (TPSA) is 86.8 Å². The van der Waals surface area contributed by atoms with E-state index in [1.54, 1.807) is 18.2 Å². The van der Waals surface area contributed by atoms with Gasteiger partial charge in [0.15, 0.2) is 0 Å². The second-order valence-corrected chi connectivity index (χ2v) is 13.2. The molecular weight excluding hydrogens is 569 g/mol. The predicted molar refractivity (Wildman–Crippen MR) is 161 cm³/mol. The number of benzene rings is 3. The van der Waals surface area contributed by atoms with Crippen LogP contribution in [-0.4, -0.2) is 43.3 Å². The zero-order valence-electron chi connectivity index (χ0n) is 23.3. The highest BCUT2D eigenvalue weighted by molar-refractivity contribution is 7.92. The molecule has 3 aromatic carbocycles. The SMILES string of the molecule is CC[C@@H](C(=O)NC(C)(C)C)N(Cc1ccccc1)C(=O)CN(c1cccc(Cl)c1Cl)S(=O)(=O)c1ccc(C)cc1. The first kappa shape index (κ1) is 31.5. The maximum absolute atomic E-state index is 14.1. The normalized spacial score (nSPS) is 12.5. The van der Waals surface area contributed by atoms with Crippen LogP contribution in [0, 0.1) is 6.92 Å². The molecule has 0 aliphatic carbocycles. The van der Waals surface area contributed by atoms with Crippen molar-refractivity contribution >= 4 is 50.7 Å². The third-order valence-corrected chi connectivity index (χ3v) is 8.75. The number of carbonyl (C=O) groups excluding carboxylic acids is 2. The molecule has 3 aromatic rings. The Morgan fingerprint density at radius 3 is 2.12 bits per heavy atom. The molecule has 2 amide bonds. The van der Waals surface area contributed by atoms with E-state index < -0.39 is 34.1 Å². The summed E-state index contributed by atoms with van der Waals surface area (Å²) in [6.45, 7) is 8.75. The van der Waals surface area contributed by atoms with Crippen LogP contribution in [0.2, 0.25) is 10.0 Å². The van der Waals surface area contributed by atoms with E-state index in [1.807, 2.05) is 65.0 Å². The van der Waals surface area contributed by atoms with Gasteiger partial charge in [0.05, 0.1) is 20.6 Å². The van der Waals surface area contributed by atoms with Crippen LogP contribution in [0.5, 0.6) is 0 Å². The number of aryl methyl sites for hydroxylation is 1. The quantitative estimate of drug-likeness (QED) is 0.298. The molecule has 0 saturated carbocycles. The second kappa shape index (κ2) is 13.1. The van der Waals surface area contributed by atoms with Gasteiger partial charge in [0.25, 0.3) is 10.0 Å². The highest BCUT2D eigenvalue weighted by Crippen LogP contribution is 2.35. The Hall–Kier alpha value is -3.07. The molecule has 0 spiro atoms. The van der Waals surface area contributed by atoms with E-state index in [0.717, 1.165) is 15.4 Å². The summed E-state index contributed by atoms with van der Waals surface area (Å²) >= 11 is 12.7. The molecule has 10 heteroatoms. The van der Waals surface area contributed by atoms with Gasteiger partial charge in [0, 0.05) is 12.1 Å². The van der Waals surface area contributed by atoms with Gasteiger partial charge in [-0.2, -0.15) is 0 Å². The number of rotatable bonds is 10. The van der Waals surface area contributed by atoms with Crippen molar-refractivity contribution in [2.75, 3.05) is 10.8 Å². The summed E-state index contributed by atoms with van der Waals surface area (Å²) in [7, 11) is -4.25. The minimum absolute atomic E-state index is 0.000204. The zero-order valence-corrected chi connectivity index (χ0v) is 25.6. The average molecular weight is 605 g/mol. The van der Waals surface area contributed by atoms with Gasteiger partial charge in [-0.3, -0.25) is 13.9 Å². The van der Waals surface area contributed by atoms with Crippen molar-refractivity contribution < 1.29 is 18.0 Å². The lowest BCUT2D eigenvalue weighted by atomic mass is 10.1. The molecule has 1 N–H and O–H groups in total. The smallest absolute Gasteiger partial charge is 0.264 e. The van der Waals surface area contributed by atoms with E-state index in [2.05, 4.69) is 5.32 Å². The Balaban J connectivity index is 2.10. The largest absolute Gasteiger partial charge is 0.350 e. The fourth-order valence-electron chi connectivity index (χ4n) is 4.19. The Labute approximate surface area is 247 Å². The van der Waals surface area contributed by atoms with E-state index in [4.69, 9.17) is 23.2 Å². The van der Waals surface area contributed by atoms with Crippen molar-refractivity contribution in [2.45, 2.75) is 64.1 Å². The monoisotopic (exact) mass is 603 g/mol. The van der Waals surface area contributed by atoms with Crippen molar-refractivity contribution in [1.29, 1.82) is 0 Å². The zero-order chi connectivity index (χ0) is 29.7. The molecular formula is C30H35Cl2N3O4S. The highest BCUT2D eigenvalue weighted by atomic mass is 35.5. The Morgan fingerprint density at radius 2 is 1.55 bits per heavy atom. The lowest BCUT2D eigenvalue weighted by molar-refractivity contribution is -0.141. The van der Waals surface area contributed by atoms with Crippen LogP contribution in [0.25, 0.3) is 0 Å². The number of carbonyl (C=O) groups is 2. The van der Waals surface area contributed by atoms with Gasteiger partial charge < -0.3 is 10.2 Å². The molecule has 0 unspecified atom stereocenters. The molecule has 214 valence electrons. The van der Waals surface area contributed by atoms with Crippen LogP contribution >= 0.6 is 23.2 Å². The summed E-state index contributed by atoms with van der Waals surface area (Å²) in [6.07, 6.45) is 0.323. The summed E-state index contributed by atoms with van der Waals surface area (Å²) < 4.78 is 28.9. The summed E-state index contributed by atoms with van der Waals surface area (Å²) in [5.41, 5.74) is 1.22. The van der Waals surface area contributed by atoms with Crippen molar-refractivity contribution in [1.82, 2.24) is 10.2 Å². The molecule has 0 aromatic heterocycles. The summed E-state index contributed by atoms with van der Waals surface area (Å²) in [6, 6.07) is 19.3. The fourth-order valence-corrected chi connectivity index (χ4v) is 6.06. The summed E-state index contributed by atoms with van der Waals surface area (Å²) in [5, 5.41) is 3.10. The van der Waals surface area contributed by atoms with Gasteiger partial charge in [-0.05, 0) is 63.9 Å². The summed E-state index contributed by atoms with van der Waals surface area (Å²) in [5.74, 6) is -0.889. The second-order valence-electron chi connectivity index (χ2n) is 10.6. The van der Waals surface area contributed by atoms with Crippen LogP contribution in [-0.2, 0) is 26.2 Å². The number of halogens is 2. The Morgan fingerprint density at radius 1 is 0.925 bits per heavy atom. The molecule has 7 nitrogen and oxygen atoms in total. The maximum atomic E-state index is 14.1. The van der Waals surface area contributed by atoms with Crippen molar-refractivity contribution in [3.8, 4) is 0 Å². The lowest BCUT2D eigenvalue weighted by Gasteiger charge is -2.35. The van der Waals surface area contributed by atoms with E-state index in [-0.39, 0.29) is 33.1 Å². The first-order valence-electron chi connectivity index (χ1n) is 12.9. The summed E-state index contributed by atoms with van der Waals surface area (Å²) in [4.78, 5) is 28.9. The minimum atomic E-state index is -4.25. The molecule has 0 radical (unpaired) electrons. The molecule has 0 bridgehead atoms. The van der Waals surface area contributed by atoms with Crippen LogP contribution < -0.4 is 9.62 Å². The van der Waals surface area contributed by atoms with Crippen LogP contribution in [0.15, 0.2) is 77.7 Å². The van der Waals surface area contributed by atoms with E-state index in [9.17, 15) is 18.0 Å². The maximum Gasteiger partial charge on any atom is 0.264 e. The van der Waals surface area contributed by atoms with Crippen molar-refractivity contribution in [3.05, 3.63) is 94.0 Å². The van der Waals surface area contributed by atoms with Crippen LogP contribution in [0.3, 0.4) is 0 Å². The molecule has 3 rings (SSSR count). The number of nitrogens with zero attached hydrogens (tertiary/aromatic N) is 2. The third-order valence-electron chi connectivity index (χ3n) is 6.17. The van der Waals surface area contributed by atoms with E-state index >= 15 is 0 Å². The molecule has 40 heavy (non-hydrogen) atoms. The molecule has 0 saturated heterocycles.